The number of ether oxygens (including phenoxy) is 2. The van der Waals surface area contributed by atoms with Crippen LogP contribution in [0.25, 0.3) is 0 Å². The predicted molar refractivity (Wildman–Crippen MR) is 98.4 cm³/mol. The second-order valence-electron chi connectivity index (χ2n) is 5.78. The molecule has 0 N–H and O–H groups in total. The topological polar surface area (TPSA) is 47.9 Å². The Kier molecular flexibility index (Phi) is 7.66. The van der Waals surface area contributed by atoms with Crippen LogP contribution in [0.3, 0.4) is 0 Å². The quantitative estimate of drug-likeness (QED) is 0.502. The summed E-state index contributed by atoms with van der Waals surface area (Å²) in [6.07, 6.45) is 6.91. The first kappa shape index (κ1) is 19.4. The monoisotopic (exact) mass is 391 g/mol. The molecule has 1 unspecified atom stereocenters. The zero-order chi connectivity index (χ0) is 17.5. The fourth-order valence-electron chi connectivity index (χ4n) is 3.15. The number of hydrogen-bond acceptors (Lipinski definition) is 4. The Bertz CT molecular complexity index is 597. The molecular formula is C17H20Cl3NO3. The van der Waals surface area contributed by atoms with Crippen LogP contribution in [0.4, 0.5) is 0 Å². The van der Waals surface area contributed by atoms with E-state index >= 15 is 0 Å². The molecule has 0 saturated heterocycles. The first-order chi connectivity index (χ1) is 11.6. The van der Waals surface area contributed by atoms with Crippen LogP contribution < -0.4 is 9.47 Å². The summed E-state index contributed by atoms with van der Waals surface area (Å²) in [5.74, 6) is 1.20. The van der Waals surface area contributed by atoms with Gasteiger partial charge < -0.3 is 9.47 Å². The van der Waals surface area contributed by atoms with Gasteiger partial charge in [0.2, 0.25) is 0 Å². The van der Waals surface area contributed by atoms with Crippen LogP contribution in [0.5, 0.6) is 11.5 Å². The van der Waals surface area contributed by atoms with Crippen LogP contribution in [0.15, 0.2) is 27.9 Å². The molecule has 132 valence electrons. The molecule has 1 saturated carbocycles. The van der Waals surface area contributed by atoms with Gasteiger partial charge in [-0.3, -0.25) is 0 Å². The lowest BCUT2D eigenvalue weighted by Gasteiger charge is -2.27. The van der Waals surface area contributed by atoms with Crippen molar-refractivity contribution in [1.29, 1.82) is 0 Å². The maximum atomic E-state index is 11.6. The summed E-state index contributed by atoms with van der Waals surface area (Å²) in [7, 11) is 1.53. The molecule has 7 heteroatoms. The SMILES string of the molecule is COc1c(Cl)cc(OCC=C(Cl)Cl)cc1C(N=O)C1CCCCC1. The van der Waals surface area contributed by atoms with Gasteiger partial charge in [-0.1, -0.05) is 59.2 Å². The van der Waals surface area contributed by atoms with E-state index in [1.807, 2.05) is 0 Å². The van der Waals surface area contributed by atoms with Crippen LogP contribution in [0, 0.1) is 10.8 Å². The van der Waals surface area contributed by atoms with E-state index in [0.29, 0.717) is 22.1 Å². The van der Waals surface area contributed by atoms with Crippen LogP contribution in [0.1, 0.15) is 43.7 Å². The Morgan fingerprint density at radius 2 is 2.04 bits per heavy atom. The summed E-state index contributed by atoms with van der Waals surface area (Å²) in [6.45, 7) is 0.201. The van der Waals surface area contributed by atoms with E-state index in [2.05, 4.69) is 5.18 Å². The molecule has 1 aromatic rings. The van der Waals surface area contributed by atoms with Crippen molar-refractivity contribution in [1.82, 2.24) is 0 Å². The lowest BCUT2D eigenvalue weighted by atomic mass is 9.81. The fraction of sp³-hybridized carbons (Fsp3) is 0.529. The normalized spacial score (nSPS) is 16.3. The van der Waals surface area contributed by atoms with Crippen molar-refractivity contribution in [2.45, 2.75) is 38.1 Å². The van der Waals surface area contributed by atoms with Crippen molar-refractivity contribution >= 4 is 34.8 Å². The summed E-state index contributed by atoms with van der Waals surface area (Å²) in [5.41, 5.74) is 0.669. The molecule has 4 nitrogen and oxygen atoms in total. The molecule has 2 rings (SSSR count). The van der Waals surface area contributed by atoms with E-state index in [1.54, 1.807) is 12.1 Å². The second kappa shape index (κ2) is 9.50. The Balaban J connectivity index is 2.31. The van der Waals surface area contributed by atoms with Crippen molar-refractivity contribution in [3.05, 3.63) is 38.2 Å². The van der Waals surface area contributed by atoms with E-state index < -0.39 is 6.04 Å². The Hall–Kier alpha value is -0.970. The molecule has 1 atom stereocenters. The Morgan fingerprint density at radius 1 is 1.33 bits per heavy atom. The summed E-state index contributed by atoms with van der Waals surface area (Å²) in [4.78, 5) is 11.6. The molecule has 0 bridgehead atoms. The van der Waals surface area contributed by atoms with Gasteiger partial charge in [0, 0.05) is 11.6 Å². The number of hydrogen-bond donors (Lipinski definition) is 0. The molecule has 1 aromatic carbocycles. The van der Waals surface area contributed by atoms with Crippen molar-refractivity contribution in [3.63, 3.8) is 0 Å². The fourth-order valence-corrected chi connectivity index (χ4v) is 3.57. The number of benzene rings is 1. The molecule has 1 aliphatic carbocycles. The maximum Gasteiger partial charge on any atom is 0.143 e. The highest BCUT2D eigenvalue weighted by molar-refractivity contribution is 6.55. The summed E-state index contributed by atoms with van der Waals surface area (Å²) < 4.78 is 11.1. The summed E-state index contributed by atoms with van der Waals surface area (Å²) in [6, 6.07) is 2.91. The third-order valence-corrected chi connectivity index (χ3v) is 4.86. The van der Waals surface area contributed by atoms with E-state index in [1.165, 1.54) is 19.6 Å². The van der Waals surface area contributed by atoms with Gasteiger partial charge in [0.25, 0.3) is 0 Å². The van der Waals surface area contributed by atoms with Crippen LogP contribution in [-0.2, 0) is 0 Å². The number of methoxy groups -OCH3 is 1. The molecule has 24 heavy (non-hydrogen) atoms. The molecule has 0 aromatic heterocycles. The minimum Gasteiger partial charge on any atom is -0.495 e. The van der Waals surface area contributed by atoms with Crippen molar-refractivity contribution in [3.8, 4) is 11.5 Å². The highest BCUT2D eigenvalue weighted by atomic mass is 35.5. The molecule has 1 fully saturated rings. The highest BCUT2D eigenvalue weighted by Gasteiger charge is 2.30. The standard InChI is InChI=1S/C17H20Cl3NO3/c1-23-17-13(16(21-22)11-5-3-2-4-6-11)9-12(10-14(17)18)24-8-7-15(19)20/h7,9-11,16H,2-6,8H2,1H3. The first-order valence-corrected chi connectivity index (χ1v) is 9.04. The molecule has 0 amide bonds. The van der Waals surface area contributed by atoms with Gasteiger partial charge in [-0.25, -0.2) is 0 Å². The minimum atomic E-state index is -0.492. The van der Waals surface area contributed by atoms with Gasteiger partial charge in [0.1, 0.15) is 28.6 Å². The van der Waals surface area contributed by atoms with Gasteiger partial charge in [-0.15, -0.1) is 0 Å². The highest BCUT2D eigenvalue weighted by Crippen LogP contribution is 2.44. The number of halogens is 3. The Labute approximate surface area is 157 Å². The molecule has 0 spiro atoms. The van der Waals surface area contributed by atoms with Crippen molar-refractivity contribution < 1.29 is 9.47 Å². The molecule has 0 heterocycles. The zero-order valence-electron chi connectivity index (χ0n) is 13.4. The lowest BCUT2D eigenvalue weighted by molar-refractivity contribution is 0.299. The summed E-state index contributed by atoms with van der Waals surface area (Å²) >= 11 is 17.4. The number of nitroso groups, excluding NO2 is 1. The van der Waals surface area contributed by atoms with Crippen LogP contribution in [-0.4, -0.2) is 13.7 Å². The minimum absolute atomic E-state index is 0.129. The van der Waals surface area contributed by atoms with Crippen molar-refractivity contribution in [2.75, 3.05) is 13.7 Å². The lowest BCUT2D eigenvalue weighted by Crippen LogP contribution is -2.15. The molecule has 0 aliphatic heterocycles. The third kappa shape index (κ3) is 5.01. The van der Waals surface area contributed by atoms with Crippen LogP contribution in [0.2, 0.25) is 5.02 Å². The Morgan fingerprint density at radius 3 is 2.62 bits per heavy atom. The maximum absolute atomic E-state index is 11.6. The third-order valence-electron chi connectivity index (χ3n) is 4.27. The first-order valence-electron chi connectivity index (χ1n) is 7.90. The van der Waals surface area contributed by atoms with Gasteiger partial charge in [0.05, 0.1) is 12.1 Å². The average Bonchev–Trinajstić information content (AvgIpc) is 2.56. The molecule has 0 radical (unpaired) electrons. The number of rotatable bonds is 7. The van der Waals surface area contributed by atoms with E-state index in [0.717, 1.165) is 25.7 Å². The summed E-state index contributed by atoms with van der Waals surface area (Å²) in [5, 5.41) is 3.77. The molecule has 1 aliphatic rings. The number of nitrogens with zero attached hydrogens (tertiary/aromatic N) is 1. The largest absolute Gasteiger partial charge is 0.495 e. The van der Waals surface area contributed by atoms with Gasteiger partial charge in [0.15, 0.2) is 0 Å². The zero-order valence-corrected chi connectivity index (χ0v) is 15.7. The van der Waals surface area contributed by atoms with Gasteiger partial charge in [-0.2, -0.15) is 4.91 Å². The van der Waals surface area contributed by atoms with Crippen LogP contribution >= 0.6 is 34.8 Å². The van der Waals surface area contributed by atoms with E-state index in [9.17, 15) is 4.91 Å². The second-order valence-corrected chi connectivity index (χ2v) is 7.20. The molecular weight excluding hydrogens is 373 g/mol. The predicted octanol–water partition coefficient (Wildman–Crippen LogP) is 6.43. The van der Waals surface area contributed by atoms with Gasteiger partial charge >= 0.3 is 0 Å². The van der Waals surface area contributed by atoms with E-state index in [4.69, 9.17) is 44.3 Å². The smallest absolute Gasteiger partial charge is 0.143 e. The van der Waals surface area contributed by atoms with Crippen molar-refractivity contribution in [2.24, 2.45) is 11.1 Å². The van der Waals surface area contributed by atoms with Gasteiger partial charge in [-0.05, 0) is 30.9 Å². The van der Waals surface area contributed by atoms with E-state index in [-0.39, 0.29) is 17.0 Å². The average molecular weight is 393 g/mol.